The molecule has 0 aliphatic heterocycles. The average Bonchev–Trinajstić information content (AvgIpc) is 3.54. The fourth-order valence-electron chi connectivity index (χ4n) is 4.29. The lowest BCUT2D eigenvalue weighted by Gasteiger charge is -2.29. The van der Waals surface area contributed by atoms with Gasteiger partial charge in [0.2, 0.25) is 0 Å². The van der Waals surface area contributed by atoms with Gasteiger partial charge < -0.3 is 5.32 Å². The average molecular weight is 340 g/mol. The molecule has 4 rings (SSSR count). The van der Waals surface area contributed by atoms with E-state index in [0.717, 1.165) is 17.8 Å². The minimum absolute atomic E-state index is 0.628. The Morgan fingerprint density at radius 3 is 2.62 bits per heavy atom. The summed E-state index contributed by atoms with van der Waals surface area (Å²) >= 11 is 1.94. The van der Waals surface area contributed by atoms with Gasteiger partial charge >= 0.3 is 0 Å². The zero-order valence-corrected chi connectivity index (χ0v) is 15.5. The van der Waals surface area contributed by atoms with Crippen molar-refractivity contribution in [1.29, 1.82) is 0 Å². The van der Waals surface area contributed by atoms with Gasteiger partial charge in [0.1, 0.15) is 0 Å². The van der Waals surface area contributed by atoms with E-state index < -0.39 is 0 Å². The lowest BCUT2D eigenvalue weighted by Crippen LogP contribution is -2.38. The molecular weight excluding hydrogens is 310 g/mol. The van der Waals surface area contributed by atoms with Crippen LogP contribution in [0.1, 0.15) is 61.3 Å². The monoisotopic (exact) mass is 339 g/mol. The van der Waals surface area contributed by atoms with E-state index in [-0.39, 0.29) is 0 Å². The van der Waals surface area contributed by atoms with E-state index in [1.54, 1.807) is 4.88 Å². The molecule has 0 amide bonds. The second-order valence-electron chi connectivity index (χ2n) is 7.66. The van der Waals surface area contributed by atoms with Gasteiger partial charge in [-0.25, -0.2) is 0 Å². The van der Waals surface area contributed by atoms with Crippen molar-refractivity contribution in [2.45, 2.75) is 56.9 Å². The van der Waals surface area contributed by atoms with Gasteiger partial charge in [-0.1, -0.05) is 56.2 Å². The van der Waals surface area contributed by atoms with Crippen LogP contribution in [0.3, 0.4) is 0 Å². The van der Waals surface area contributed by atoms with Crippen molar-refractivity contribution in [2.75, 3.05) is 6.54 Å². The highest BCUT2D eigenvalue weighted by Gasteiger charge is 2.46. The van der Waals surface area contributed by atoms with Gasteiger partial charge in [0.15, 0.2) is 0 Å². The Labute approximate surface area is 150 Å². The van der Waals surface area contributed by atoms with Crippen molar-refractivity contribution in [3.8, 4) is 0 Å². The summed E-state index contributed by atoms with van der Waals surface area (Å²) in [4.78, 5) is 1.59. The second-order valence-corrected chi connectivity index (χ2v) is 8.64. The predicted octanol–water partition coefficient (Wildman–Crippen LogP) is 5.80. The summed E-state index contributed by atoms with van der Waals surface area (Å²) in [6.07, 6.45) is 6.88. The highest BCUT2D eigenvalue weighted by atomic mass is 32.1. The molecular formula is C22H29NS. The van der Waals surface area contributed by atoms with E-state index in [1.165, 1.54) is 44.2 Å². The fraction of sp³-hybridized carbons (Fsp3) is 0.545. The number of rotatable bonds is 9. The van der Waals surface area contributed by atoms with E-state index in [1.807, 2.05) is 11.3 Å². The van der Waals surface area contributed by atoms with Crippen LogP contribution < -0.4 is 5.32 Å². The van der Waals surface area contributed by atoms with Crippen molar-refractivity contribution < 1.29 is 0 Å². The zero-order chi connectivity index (χ0) is 16.4. The number of hydrogen-bond acceptors (Lipinski definition) is 2. The highest BCUT2D eigenvalue weighted by Crippen LogP contribution is 2.53. The van der Waals surface area contributed by atoms with Crippen LogP contribution >= 0.6 is 11.3 Å². The van der Waals surface area contributed by atoms with Crippen molar-refractivity contribution >= 4 is 11.3 Å². The topological polar surface area (TPSA) is 12.0 Å². The Morgan fingerprint density at radius 2 is 1.96 bits per heavy atom. The van der Waals surface area contributed by atoms with Crippen LogP contribution in [-0.4, -0.2) is 12.6 Å². The third kappa shape index (κ3) is 3.75. The first kappa shape index (κ1) is 16.4. The first-order chi connectivity index (χ1) is 11.9. The van der Waals surface area contributed by atoms with Gasteiger partial charge in [0, 0.05) is 10.9 Å². The smallest absolute Gasteiger partial charge is 0.0170 e. The lowest BCUT2D eigenvalue weighted by atomic mass is 9.85. The van der Waals surface area contributed by atoms with Crippen LogP contribution in [0.5, 0.6) is 0 Å². The number of thiophene rings is 1. The van der Waals surface area contributed by atoms with Crippen molar-refractivity contribution in [3.05, 3.63) is 58.3 Å². The van der Waals surface area contributed by atoms with E-state index in [0.29, 0.717) is 12.0 Å². The molecule has 4 atom stereocenters. The van der Waals surface area contributed by atoms with Gasteiger partial charge in [-0.2, -0.15) is 0 Å². The number of benzene rings is 1. The molecule has 2 saturated carbocycles. The minimum Gasteiger partial charge on any atom is -0.313 e. The van der Waals surface area contributed by atoms with Crippen LogP contribution in [0.25, 0.3) is 0 Å². The van der Waals surface area contributed by atoms with Crippen LogP contribution in [0, 0.1) is 11.8 Å². The molecule has 128 valence electrons. The van der Waals surface area contributed by atoms with Gasteiger partial charge in [0.05, 0.1) is 0 Å². The molecule has 1 aromatic carbocycles. The molecule has 1 nitrogen and oxygen atoms in total. The standard InChI is InChI=1S/C22H29NS/c1-2-18(17-7-4-3-5-8-17)22(23-13-12-16-10-11-16)20-15-19(20)21-9-6-14-24-21/h3-9,14,16,18-20,22-23H,2,10-13,15H2,1H3. The molecule has 1 heterocycles. The summed E-state index contributed by atoms with van der Waals surface area (Å²) in [5.74, 6) is 3.26. The van der Waals surface area contributed by atoms with E-state index in [4.69, 9.17) is 0 Å². The third-order valence-electron chi connectivity index (χ3n) is 5.94. The van der Waals surface area contributed by atoms with E-state index in [2.05, 4.69) is 60.1 Å². The molecule has 0 radical (unpaired) electrons. The van der Waals surface area contributed by atoms with Gasteiger partial charge in [-0.3, -0.25) is 0 Å². The third-order valence-corrected chi connectivity index (χ3v) is 6.94. The largest absolute Gasteiger partial charge is 0.313 e. The molecule has 0 bridgehead atoms. The minimum atomic E-state index is 0.628. The number of nitrogens with one attached hydrogen (secondary N) is 1. The predicted molar refractivity (Wildman–Crippen MR) is 104 cm³/mol. The SMILES string of the molecule is CCC(c1ccccc1)C(NCCC1CC1)C1CC1c1cccs1. The summed E-state index contributed by atoms with van der Waals surface area (Å²) < 4.78 is 0. The molecule has 2 fully saturated rings. The molecule has 2 aromatic rings. The van der Waals surface area contributed by atoms with Gasteiger partial charge in [-0.15, -0.1) is 11.3 Å². The molecule has 24 heavy (non-hydrogen) atoms. The quantitative estimate of drug-likeness (QED) is 0.608. The van der Waals surface area contributed by atoms with Crippen LogP contribution in [-0.2, 0) is 0 Å². The van der Waals surface area contributed by atoms with Gasteiger partial charge in [-0.05, 0) is 66.5 Å². The Hall–Kier alpha value is -1.12. The normalized spacial score (nSPS) is 25.4. The summed E-state index contributed by atoms with van der Waals surface area (Å²) in [5.41, 5.74) is 1.51. The van der Waals surface area contributed by atoms with Crippen LogP contribution in [0.4, 0.5) is 0 Å². The van der Waals surface area contributed by atoms with Crippen molar-refractivity contribution in [1.82, 2.24) is 5.32 Å². The van der Waals surface area contributed by atoms with Crippen LogP contribution in [0.15, 0.2) is 47.8 Å². The Balaban J connectivity index is 1.48. The molecule has 0 spiro atoms. The summed E-state index contributed by atoms with van der Waals surface area (Å²) in [5, 5.41) is 6.23. The molecule has 4 unspecified atom stereocenters. The fourth-order valence-corrected chi connectivity index (χ4v) is 5.21. The Morgan fingerprint density at radius 1 is 1.12 bits per heavy atom. The van der Waals surface area contributed by atoms with Crippen molar-refractivity contribution in [3.63, 3.8) is 0 Å². The maximum absolute atomic E-state index is 4.00. The molecule has 1 N–H and O–H groups in total. The first-order valence-electron chi connectivity index (χ1n) is 9.68. The summed E-state index contributed by atoms with van der Waals surface area (Å²) in [7, 11) is 0. The van der Waals surface area contributed by atoms with Crippen molar-refractivity contribution in [2.24, 2.45) is 11.8 Å². The lowest BCUT2D eigenvalue weighted by molar-refractivity contribution is 0.372. The Kier molecular flexibility index (Phi) is 5.05. The highest BCUT2D eigenvalue weighted by molar-refractivity contribution is 7.10. The molecule has 1 aromatic heterocycles. The summed E-state index contributed by atoms with van der Waals surface area (Å²) in [6, 6.07) is 16.4. The van der Waals surface area contributed by atoms with Gasteiger partial charge in [0.25, 0.3) is 0 Å². The van der Waals surface area contributed by atoms with E-state index >= 15 is 0 Å². The molecule has 2 aliphatic carbocycles. The Bertz CT molecular complexity index is 617. The first-order valence-corrected chi connectivity index (χ1v) is 10.6. The molecule has 0 saturated heterocycles. The second kappa shape index (κ2) is 7.41. The number of hydrogen-bond donors (Lipinski definition) is 1. The van der Waals surface area contributed by atoms with E-state index in [9.17, 15) is 0 Å². The maximum atomic E-state index is 4.00. The molecule has 2 heteroatoms. The summed E-state index contributed by atoms with van der Waals surface area (Å²) in [6.45, 7) is 3.56. The maximum Gasteiger partial charge on any atom is 0.0170 e. The molecule has 2 aliphatic rings. The van der Waals surface area contributed by atoms with Crippen LogP contribution in [0.2, 0.25) is 0 Å². The zero-order valence-electron chi connectivity index (χ0n) is 14.7.